The molecule has 0 saturated heterocycles. The summed E-state index contributed by atoms with van der Waals surface area (Å²) < 4.78 is 64.3. The Morgan fingerprint density at radius 1 is 1.20 bits per heavy atom. The molecule has 0 saturated carbocycles. The Morgan fingerprint density at radius 2 is 1.92 bits per heavy atom. The number of alkyl halides is 3. The first kappa shape index (κ1) is 17.8. The van der Waals surface area contributed by atoms with Gasteiger partial charge >= 0.3 is 6.18 Å². The number of fused-ring (bicyclic) bond motifs is 1. The molecule has 0 radical (unpaired) electrons. The van der Waals surface area contributed by atoms with Gasteiger partial charge in [0.1, 0.15) is 0 Å². The highest BCUT2D eigenvalue weighted by molar-refractivity contribution is 9.10. The first-order chi connectivity index (χ1) is 11.6. The largest absolute Gasteiger partial charge is 0.435 e. The van der Waals surface area contributed by atoms with E-state index in [-0.39, 0.29) is 27.6 Å². The molecule has 3 aromatic heterocycles. The quantitative estimate of drug-likeness (QED) is 0.631. The molecule has 0 spiro atoms. The van der Waals surface area contributed by atoms with Crippen molar-refractivity contribution in [1.82, 2.24) is 19.6 Å². The van der Waals surface area contributed by atoms with E-state index in [1.807, 2.05) is 0 Å². The number of aromatic nitrogens is 4. The Labute approximate surface area is 148 Å². The maximum absolute atomic E-state index is 12.8. The summed E-state index contributed by atoms with van der Waals surface area (Å²) in [5.41, 5.74) is -0.747. The summed E-state index contributed by atoms with van der Waals surface area (Å²) in [7, 11) is -3.60. The minimum atomic E-state index is -4.60. The molecule has 132 valence electrons. The summed E-state index contributed by atoms with van der Waals surface area (Å²) in [5.74, 6) is -0.145. The standard InChI is InChI=1S/C14H10BrF3N4O2S/c1-2-25(23,24)10-3-9(15)6-20-13(10)8-5-19-12-4-11(14(16,17)18)21-22(12)7-8/h3-7H,2H2,1H3. The minimum Gasteiger partial charge on any atom is -0.254 e. The van der Waals surface area contributed by atoms with Gasteiger partial charge in [0, 0.05) is 34.7 Å². The lowest BCUT2D eigenvalue weighted by atomic mass is 10.2. The summed E-state index contributed by atoms with van der Waals surface area (Å²) >= 11 is 3.17. The van der Waals surface area contributed by atoms with E-state index >= 15 is 0 Å². The van der Waals surface area contributed by atoms with E-state index in [0.29, 0.717) is 4.47 Å². The van der Waals surface area contributed by atoms with Gasteiger partial charge in [-0.1, -0.05) is 6.92 Å². The average molecular weight is 435 g/mol. The first-order valence-electron chi connectivity index (χ1n) is 6.93. The van der Waals surface area contributed by atoms with Gasteiger partial charge in [-0.25, -0.2) is 17.9 Å². The number of halogens is 4. The van der Waals surface area contributed by atoms with Gasteiger partial charge in [0.05, 0.1) is 16.3 Å². The molecule has 0 unspecified atom stereocenters. The number of sulfone groups is 1. The molecular weight excluding hydrogens is 425 g/mol. The van der Waals surface area contributed by atoms with Crippen LogP contribution in [0.5, 0.6) is 0 Å². The molecular formula is C14H10BrF3N4O2S. The highest BCUT2D eigenvalue weighted by Gasteiger charge is 2.34. The van der Waals surface area contributed by atoms with Crippen LogP contribution in [0.3, 0.4) is 0 Å². The smallest absolute Gasteiger partial charge is 0.254 e. The number of nitrogens with zero attached hydrogens (tertiary/aromatic N) is 4. The van der Waals surface area contributed by atoms with Crippen LogP contribution in [-0.4, -0.2) is 33.8 Å². The van der Waals surface area contributed by atoms with Crippen molar-refractivity contribution < 1.29 is 21.6 Å². The second kappa shape index (κ2) is 6.06. The van der Waals surface area contributed by atoms with Gasteiger partial charge in [0.15, 0.2) is 21.2 Å². The zero-order valence-corrected chi connectivity index (χ0v) is 15.0. The lowest BCUT2D eigenvalue weighted by Crippen LogP contribution is -2.08. The van der Waals surface area contributed by atoms with Crippen molar-refractivity contribution >= 4 is 31.4 Å². The van der Waals surface area contributed by atoms with Gasteiger partial charge in [-0.3, -0.25) is 4.98 Å². The van der Waals surface area contributed by atoms with E-state index < -0.39 is 21.7 Å². The maximum Gasteiger partial charge on any atom is 0.435 e. The van der Waals surface area contributed by atoms with E-state index in [4.69, 9.17) is 0 Å². The molecule has 0 aromatic carbocycles. The number of hydrogen-bond acceptors (Lipinski definition) is 5. The second-order valence-electron chi connectivity index (χ2n) is 5.08. The van der Waals surface area contributed by atoms with Crippen molar-refractivity contribution in [1.29, 1.82) is 0 Å². The lowest BCUT2D eigenvalue weighted by molar-refractivity contribution is -0.141. The van der Waals surface area contributed by atoms with E-state index in [1.165, 1.54) is 31.6 Å². The third kappa shape index (κ3) is 3.38. The van der Waals surface area contributed by atoms with Gasteiger partial charge < -0.3 is 0 Å². The fourth-order valence-electron chi connectivity index (χ4n) is 2.17. The van der Waals surface area contributed by atoms with Crippen molar-refractivity contribution in [2.75, 3.05) is 5.75 Å². The van der Waals surface area contributed by atoms with Crippen LogP contribution in [0, 0.1) is 0 Å². The van der Waals surface area contributed by atoms with Crippen LogP contribution >= 0.6 is 15.9 Å². The van der Waals surface area contributed by atoms with Crippen molar-refractivity contribution in [3.05, 3.63) is 40.9 Å². The minimum absolute atomic E-state index is 0.00640. The van der Waals surface area contributed by atoms with E-state index in [0.717, 1.165) is 10.6 Å². The molecule has 0 atom stereocenters. The summed E-state index contributed by atoms with van der Waals surface area (Å²) in [6.07, 6.45) is -0.663. The Kier molecular flexibility index (Phi) is 4.31. The molecule has 3 rings (SSSR count). The van der Waals surface area contributed by atoms with Crippen molar-refractivity contribution in [3.8, 4) is 11.3 Å². The average Bonchev–Trinajstić information content (AvgIpc) is 2.98. The Balaban J connectivity index is 2.20. The third-order valence-electron chi connectivity index (χ3n) is 3.41. The molecule has 0 aliphatic heterocycles. The highest BCUT2D eigenvalue weighted by Crippen LogP contribution is 2.31. The predicted octanol–water partition coefficient (Wildman–Crippen LogP) is 3.37. The van der Waals surface area contributed by atoms with Gasteiger partial charge in [0.25, 0.3) is 0 Å². The van der Waals surface area contributed by atoms with E-state index in [1.54, 1.807) is 0 Å². The van der Waals surface area contributed by atoms with Crippen LogP contribution < -0.4 is 0 Å². The monoisotopic (exact) mass is 434 g/mol. The molecule has 3 aromatic rings. The molecule has 0 fully saturated rings. The van der Waals surface area contributed by atoms with Gasteiger partial charge in [-0.15, -0.1) is 0 Å². The molecule has 0 amide bonds. The van der Waals surface area contributed by atoms with Crippen LogP contribution in [0.2, 0.25) is 0 Å². The summed E-state index contributed by atoms with van der Waals surface area (Å²) in [5, 5.41) is 3.44. The highest BCUT2D eigenvalue weighted by atomic mass is 79.9. The summed E-state index contributed by atoms with van der Waals surface area (Å²) in [6, 6.07) is 2.21. The zero-order valence-electron chi connectivity index (χ0n) is 12.6. The molecule has 0 N–H and O–H groups in total. The predicted molar refractivity (Wildman–Crippen MR) is 86.6 cm³/mol. The van der Waals surface area contributed by atoms with Crippen molar-refractivity contribution in [2.45, 2.75) is 18.0 Å². The lowest BCUT2D eigenvalue weighted by Gasteiger charge is -2.09. The summed E-state index contributed by atoms with van der Waals surface area (Å²) in [4.78, 5) is 7.98. The molecule has 0 aliphatic carbocycles. The van der Waals surface area contributed by atoms with Crippen LogP contribution in [0.15, 0.2) is 40.1 Å². The maximum atomic E-state index is 12.8. The van der Waals surface area contributed by atoms with E-state index in [9.17, 15) is 21.6 Å². The van der Waals surface area contributed by atoms with Crippen LogP contribution in [0.1, 0.15) is 12.6 Å². The molecule has 11 heteroatoms. The van der Waals surface area contributed by atoms with Crippen LogP contribution in [0.4, 0.5) is 13.2 Å². The number of rotatable bonds is 3. The molecule has 0 bridgehead atoms. The second-order valence-corrected chi connectivity index (χ2v) is 8.24. The molecule has 25 heavy (non-hydrogen) atoms. The topological polar surface area (TPSA) is 77.2 Å². The van der Waals surface area contributed by atoms with E-state index in [2.05, 4.69) is 31.0 Å². The molecule has 6 nitrogen and oxygen atoms in total. The number of pyridine rings is 1. The van der Waals surface area contributed by atoms with Crippen LogP contribution in [-0.2, 0) is 16.0 Å². The van der Waals surface area contributed by atoms with Gasteiger partial charge in [-0.05, 0) is 22.0 Å². The first-order valence-corrected chi connectivity index (χ1v) is 9.37. The van der Waals surface area contributed by atoms with Crippen molar-refractivity contribution in [2.24, 2.45) is 0 Å². The van der Waals surface area contributed by atoms with Crippen LogP contribution in [0.25, 0.3) is 16.9 Å². The molecule has 3 heterocycles. The molecule has 0 aliphatic rings. The fourth-order valence-corrected chi connectivity index (χ4v) is 3.73. The third-order valence-corrected chi connectivity index (χ3v) is 5.59. The van der Waals surface area contributed by atoms with Crippen molar-refractivity contribution in [3.63, 3.8) is 0 Å². The number of hydrogen-bond donors (Lipinski definition) is 0. The Bertz CT molecular complexity index is 1060. The van der Waals surface area contributed by atoms with Gasteiger partial charge in [0.2, 0.25) is 0 Å². The Morgan fingerprint density at radius 3 is 2.56 bits per heavy atom. The summed E-state index contributed by atoms with van der Waals surface area (Å²) in [6.45, 7) is 1.49. The zero-order chi connectivity index (χ0) is 18.4. The Hall–Kier alpha value is -2.01. The normalized spacial score (nSPS) is 12.7. The fraction of sp³-hybridized carbons (Fsp3) is 0.214. The SMILES string of the molecule is CCS(=O)(=O)c1cc(Br)cnc1-c1cnc2cc(C(F)(F)F)nn2c1. The van der Waals surface area contributed by atoms with Gasteiger partial charge in [-0.2, -0.15) is 18.3 Å².